The quantitative estimate of drug-likeness (QED) is 0.0684. The Kier molecular flexibility index (Phi) is 34.2. The number of halogens is 12. The Morgan fingerprint density at radius 2 is 0.625 bits per heavy atom. The molecule has 8 amide bonds. The van der Waals surface area contributed by atoms with Crippen molar-refractivity contribution in [2.24, 2.45) is 0 Å². The SMILES string of the molecule is COc1ccc(NC(=O)N2CCN(c3ccc(Cl)cc3Cl)C(c3ccc(Cl)cc3)C2)cc1.COc1cccc(NC(=O)N2CCN(c3ccc(Cl)cc3Cl)C(c3ccc(Cl)cc3)C2)c1.COc1ccccc1NC(=O)N1CCN(c2ccc(Cl)cc2Cl)C(c2ccc(Cl)cc2)C1.O=C(NCCc1ccccc1)N1CCN(c2ccc(Cl)cc2Cl)C(c2ccc(Cl)cc2)C1. The highest BCUT2D eigenvalue weighted by molar-refractivity contribution is 6.38. The number of nitrogens with one attached hydrogen (secondary N) is 4. The summed E-state index contributed by atoms with van der Waals surface area (Å²) in [4.78, 5) is 68.2. The number of benzene rings is 12. The molecule has 0 aliphatic carbocycles. The van der Waals surface area contributed by atoms with Gasteiger partial charge in [0.1, 0.15) is 17.2 Å². The molecule has 4 unspecified atom stereocenters. The highest BCUT2D eigenvalue weighted by atomic mass is 35.5. The minimum atomic E-state index is -0.185. The Morgan fingerprint density at radius 3 is 0.977 bits per heavy atom. The molecule has 4 aliphatic rings. The molecule has 12 aromatic rings. The summed E-state index contributed by atoms with van der Waals surface area (Å²) in [6.45, 7) is 7.28. The Morgan fingerprint density at radius 1 is 0.297 bits per heavy atom. The minimum Gasteiger partial charge on any atom is -0.497 e. The summed E-state index contributed by atoms with van der Waals surface area (Å²) in [5, 5.41) is 19.3. The van der Waals surface area contributed by atoms with Crippen LogP contribution in [-0.4, -0.2) is 150 Å². The summed E-state index contributed by atoms with van der Waals surface area (Å²) in [6.07, 6.45) is 0.799. The Hall–Kier alpha value is -10.2. The largest absolute Gasteiger partial charge is 0.497 e. The summed E-state index contributed by atoms with van der Waals surface area (Å²) in [5.74, 6) is 2.03. The van der Waals surface area contributed by atoms with Gasteiger partial charge in [0.15, 0.2) is 0 Å². The molecular weight excluding hydrogens is 1870 g/mol. The van der Waals surface area contributed by atoms with Gasteiger partial charge in [-0.15, -0.1) is 0 Å². The number of rotatable bonds is 17. The standard InChI is InChI=1S/C25H24Cl3N3O.3C24H22Cl3N3O2/c26-20-8-6-19(7-9-20)24-17-30(25(32)29-13-12-18-4-2-1-3-5-18)14-15-31(24)23-11-10-21(27)16-22(23)28;1-32-20-9-7-19(8-10-20)28-24(31)29-12-13-30(22-11-6-18(26)14-21(22)27)23(15-29)16-2-4-17(25)5-3-16;1-32-20-4-2-3-19(14-20)28-24(31)29-11-12-30(22-10-9-18(26)13-21(22)27)23(15-29)16-5-7-17(25)8-6-16;1-32-23-5-3-2-4-20(23)28-24(31)29-12-13-30(21-11-10-18(26)14-19(21)27)22(15-29)16-6-8-17(25)9-7-16/h1-11,16,24H,12-15,17H2,(H,29,32);2-11,14,23H,12-13,15H2,1H3,(H,28,31);2-10,13-14,23H,11-12,15H2,1H3,(H,28,31);2-11,14,22H,12-13,15H2,1H3,(H,28,31). The second-order valence-electron chi connectivity index (χ2n) is 30.1. The van der Waals surface area contributed by atoms with E-state index in [9.17, 15) is 19.2 Å². The van der Waals surface area contributed by atoms with Crippen molar-refractivity contribution in [3.05, 3.63) is 361 Å². The lowest BCUT2D eigenvalue weighted by molar-refractivity contribution is 0.185. The first-order valence-electron chi connectivity index (χ1n) is 40.9. The lowest BCUT2D eigenvalue weighted by Crippen LogP contribution is -2.53. The van der Waals surface area contributed by atoms with E-state index in [0.29, 0.717) is 174 Å². The molecular formula is C97H90Cl12N12O7. The number of ether oxygens (including phenoxy) is 3. The van der Waals surface area contributed by atoms with Crippen LogP contribution in [0.25, 0.3) is 0 Å². The second kappa shape index (κ2) is 45.9. The molecule has 4 saturated heterocycles. The van der Waals surface area contributed by atoms with Gasteiger partial charge in [-0.2, -0.15) is 0 Å². The topological polar surface area (TPSA) is 170 Å². The van der Waals surface area contributed by atoms with Gasteiger partial charge in [-0.25, -0.2) is 19.2 Å². The van der Waals surface area contributed by atoms with Gasteiger partial charge in [0.2, 0.25) is 0 Å². The van der Waals surface area contributed by atoms with Crippen LogP contribution in [0.2, 0.25) is 60.3 Å². The summed E-state index contributed by atoms with van der Waals surface area (Å²) in [6, 6.07) is 83.8. The molecule has 16 rings (SSSR count). The van der Waals surface area contributed by atoms with Gasteiger partial charge >= 0.3 is 24.1 Å². The number of nitrogens with zero attached hydrogens (tertiary/aromatic N) is 8. The van der Waals surface area contributed by atoms with Crippen LogP contribution < -0.4 is 55.1 Å². The molecule has 0 bridgehead atoms. The molecule has 12 aromatic carbocycles. The van der Waals surface area contributed by atoms with Crippen molar-refractivity contribution in [1.82, 2.24) is 24.9 Å². The van der Waals surface area contributed by atoms with Crippen LogP contribution >= 0.6 is 139 Å². The monoisotopic (exact) mass is 1950 g/mol. The molecule has 4 fully saturated rings. The zero-order valence-corrected chi connectivity index (χ0v) is 78.7. The fraction of sp³-hybridized carbons (Fsp3) is 0.216. The van der Waals surface area contributed by atoms with Gasteiger partial charge in [-0.1, -0.05) is 236 Å². The van der Waals surface area contributed by atoms with E-state index in [1.165, 1.54) is 5.56 Å². The van der Waals surface area contributed by atoms with Crippen LogP contribution in [-0.2, 0) is 6.42 Å². The Bertz CT molecular complexity index is 5770. The average molecular weight is 1960 g/mol. The lowest BCUT2D eigenvalue weighted by Gasteiger charge is -2.43. The third-order valence-corrected chi connectivity index (χ3v) is 25.3. The van der Waals surface area contributed by atoms with E-state index in [4.69, 9.17) is 153 Å². The molecule has 31 heteroatoms. The van der Waals surface area contributed by atoms with E-state index in [-0.39, 0.29) is 48.3 Å². The molecule has 128 heavy (non-hydrogen) atoms. The predicted molar refractivity (Wildman–Crippen MR) is 528 cm³/mol. The maximum absolute atomic E-state index is 13.1. The van der Waals surface area contributed by atoms with Crippen LogP contribution in [0.3, 0.4) is 0 Å². The third-order valence-electron chi connectivity index (χ3n) is 22.1. The number of methoxy groups -OCH3 is 3. The van der Waals surface area contributed by atoms with Gasteiger partial charge in [-0.3, -0.25) is 0 Å². The number of hydrogen-bond acceptors (Lipinski definition) is 11. The van der Waals surface area contributed by atoms with Gasteiger partial charge in [0.25, 0.3) is 0 Å². The molecule has 4 aliphatic heterocycles. The molecule has 4 N–H and O–H groups in total. The van der Waals surface area contributed by atoms with Crippen LogP contribution in [0.1, 0.15) is 52.0 Å². The van der Waals surface area contributed by atoms with Crippen molar-refractivity contribution >= 4 is 203 Å². The molecule has 0 saturated carbocycles. The van der Waals surface area contributed by atoms with Crippen molar-refractivity contribution in [2.45, 2.75) is 30.6 Å². The molecule has 0 aromatic heterocycles. The third kappa shape index (κ3) is 25.5. The van der Waals surface area contributed by atoms with Gasteiger partial charge in [0.05, 0.1) is 94.0 Å². The Labute approximate surface area is 805 Å². The first-order valence-corrected chi connectivity index (χ1v) is 45.4. The van der Waals surface area contributed by atoms with Crippen LogP contribution in [0, 0.1) is 0 Å². The van der Waals surface area contributed by atoms with Crippen LogP contribution in [0.15, 0.2) is 273 Å². The minimum absolute atomic E-state index is 0.0539. The molecule has 4 heterocycles. The van der Waals surface area contributed by atoms with Crippen molar-refractivity contribution < 1.29 is 33.4 Å². The number of para-hydroxylation sites is 2. The number of hydrogen-bond donors (Lipinski definition) is 4. The van der Waals surface area contributed by atoms with E-state index in [1.54, 1.807) is 61.5 Å². The van der Waals surface area contributed by atoms with E-state index in [2.05, 4.69) is 53.0 Å². The van der Waals surface area contributed by atoms with E-state index in [0.717, 1.165) is 57.2 Å². The van der Waals surface area contributed by atoms with Crippen molar-refractivity contribution in [3.63, 3.8) is 0 Å². The summed E-state index contributed by atoms with van der Waals surface area (Å²) >= 11 is 74.9. The lowest BCUT2D eigenvalue weighted by atomic mass is 10.0. The van der Waals surface area contributed by atoms with Crippen molar-refractivity contribution in [3.8, 4) is 17.2 Å². The molecule has 664 valence electrons. The van der Waals surface area contributed by atoms with Crippen molar-refractivity contribution in [2.75, 3.05) is 142 Å². The number of piperazine rings is 4. The zero-order valence-electron chi connectivity index (χ0n) is 69.7. The highest BCUT2D eigenvalue weighted by Gasteiger charge is 2.37. The van der Waals surface area contributed by atoms with Gasteiger partial charge < -0.3 is 74.7 Å². The molecule has 19 nitrogen and oxygen atoms in total. The predicted octanol–water partition coefficient (Wildman–Crippen LogP) is 26.7. The van der Waals surface area contributed by atoms with Gasteiger partial charge in [-0.05, 0) is 204 Å². The Balaban J connectivity index is 0.000000146. The van der Waals surface area contributed by atoms with Crippen LogP contribution in [0.4, 0.5) is 59.0 Å². The number of carbonyl (C=O) groups is 4. The summed E-state index contributed by atoms with van der Waals surface area (Å²) < 4.78 is 15.8. The first kappa shape index (κ1) is 95.4. The van der Waals surface area contributed by atoms with Crippen molar-refractivity contribution in [1.29, 1.82) is 0 Å². The highest BCUT2D eigenvalue weighted by Crippen LogP contribution is 2.43. The maximum Gasteiger partial charge on any atom is 0.322 e. The number of carbonyl (C=O) groups excluding carboxylic acids is 4. The zero-order chi connectivity index (χ0) is 90.5. The van der Waals surface area contributed by atoms with E-state index >= 15 is 0 Å². The fourth-order valence-electron chi connectivity index (χ4n) is 15.6. The van der Waals surface area contributed by atoms with E-state index in [1.807, 2.05) is 240 Å². The van der Waals surface area contributed by atoms with Gasteiger partial charge in [0, 0.05) is 143 Å². The second-order valence-corrected chi connectivity index (χ2v) is 35.2. The number of amides is 8. The smallest absolute Gasteiger partial charge is 0.322 e. The number of urea groups is 4. The fourth-order valence-corrected chi connectivity index (χ4v) is 18.1. The maximum atomic E-state index is 13.1. The average Bonchev–Trinajstić information content (AvgIpc) is 0.799. The molecule has 4 atom stereocenters. The van der Waals surface area contributed by atoms with Crippen LogP contribution in [0.5, 0.6) is 17.2 Å². The first-order chi connectivity index (χ1) is 61.8. The summed E-state index contributed by atoms with van der Waals surface area (Å²) in [7, 11) is 4.78. The normalized spacial score (nSPS) is 16.1. The number of anilines is 7. The molecule has 0 spiro atoms. The molecule has 0 radical (unpaired) electrons. The summed E-state index contributed by atoms with van der Waals surface area (Å²) in [5.41, 5.74) is 11.0. The van der Waals surface area contributed by atoms with E-state index < -0.39 is 0 Å².